The number of rotatable bonds is 5. The molecule has 2 atom stereocenters. The van der Waals surface area contributed by atoms with Gasteiger partial charge in [-0.25, -0.2) is 4.79 Å². The van der Waals surface area contributed by atoms with Crippen LogP contribution in [0.25, 0.3) is 0 Å². The first-order valence-electron chi connectivity index (χ1n) is 5.51. The number of carbonyl (C=O) groups excluding carboxylic acids is 1. The SMILES string of the molecule is CCOC(=O)C(C)(O)C(OC)c1ccccc1. The molecule has 0 saturated carbocycles. The number of ether oxygens (including phenoxy) is 2. The average Bonchev–Trinajstić information content (AvgIpc) is 2.31. The molecule has 94 valence electrons. The molecule has 4 heteroatoms. The van der Waals surface area contributed by atoms with Gasteiger partial charge in [0.1, 0.15) is 6.10 Å². The number of hydrogen-bond donors (Lipinski definition) is 1. The van der Waals surface area contributed by atoms with E-state index < -0.39 is 17.7 Å². The topological polar surface area (TPSA) is 55.8 Å². The van der Waals surface area contributed by atoms with Gasteiger partial charge in [0.25, 0.3) is 0 Å². The minimum absolute atomic E-state index is 0.222. The third kappa shape index (κ3) is 3.05. The van der Waals surface area contributed by atoms with Gasteiger partial charge in [-0.15, -0.1) is 0 Å². The number of methoxy groups -OCH3 is 1. The summed E-state index contributed by atoms with van der Waals surface area (Å²) in [4.78, 5) is 11.7. The van der Waals surface area contributed by atoms with Crippen LogP contribution in [0.1, 0.15) is 25.5 Å². The first kappa shape index (κ1) is 13.7. The van der Waals surface area contributed by atoms with E-state index >= 15 is 0 Å². The maximum Gasteiger partial charge on any atom is 0.340 e. The smallest absolute Gasteiger partial charge is 0.340 e. The Morgan fingerprint density at radius 1 is 1.41 bits per heavy atom. The Morgan fingerprint density at radius 3 is 2.47 bits per heavy atom. The summed E-state index contributed by atoms with van der Waals surface area (Å²) in [7, 11) is 1.45. The molecule has 1 rings (SSSR count). The number of aliphatic hydroxyl groups is 1. The van der Waals surface area contributed by atoms with Crippen LogP contribution in [0.2, 0.25) is 0 Å². The van der Waals surface area contributed by atoms with E-state index in [2.05, 4.69) is 0 Å². The number of benzene rings is 1. The Balaban J connectivity index is 2.97. The molecule has 0 spiro atoms. The second-order valence-corrected chi connectivity index (χ2v) is 3.89. The Hall–Kier alpha value is -1.39. The van der Waals surface area contributed by atoms with Crippen molar-refractivity contribution in [3.05, 3.63) is 35.9 Å². The molecule has 1 aromatic carbocycles. The van der Waals surface area contributed by atoms with Crippen molar-refractivity contribution in [1.82, 2.24) is 0 Å². The average molecular weight is 238 g/mol. The van der Waals surface area contributed by atoms with E-state index in [9.17, 15) is 9.90 Å². The lowest BCUT2D eigenvalue weighted by Gasteiger charge is -2.29. The van der Waals surface area contributed by atoms with Gasteiger partial charge in [-0.3, -0.25) is 0 Å². The zero-order chi connectivity index (χ0) is 12.9. The minimum Gasteiger partial charge on any atom is -0.464 e. The summed E-state index contributed by atoms with van der Waals surface area (Å²) in [6, 6.07) is 9.09. The number of hydrogen-bond acceptors (Lipinski definition) is 4. The predicted molar refractivity (Wildman–Crippen MR) is 63.4 cm³/mol. The summed E-state index contributed by atoms with van der Waals surface area (Å²) in [6.07, 6.45) is -0.747. The molecule has 1 N–H and O–H groups in total. The third-order valence-corrected chi connectivity index (χ3v) is 2.54. The fourth-order valence-corrected chi connectivity index (χ4v) is 1.70. The Morgan fingerprint density at radius 2 is 2.00 bits per heavy atom. The van der Waals surface area contributed by atoms with Crippen LogP contribution in [0.15, 0.2) is 30.3 Å². The Bertz CT molecular complexity index is 359. The van der Waals surface area contributed by atoms with Gasteiger partial charge in [-0.05, 0) is 19.4 Å². The summed E-state index contributed by atoms with van der Waals surface area (Å²) in [5, 5.41) is 10.2. The van der Waals surface area contributed by atoms with E-state index in [1.165, 1.54) is 14.0 Å². The van der Waals surface area contributed by atoms with Gasteiger partial charge in [0.2, 0.25) is 0 Å². The van der Waals surface area contributed by atoms with Crippen LogP contribution in [0.3, 0.4) is 0 Å². The lowest BCUT2D eigenvalue weighted by Crippen LogP contribution is -2.43. The first-order chi connectivity index (χ1) is 8.04. The van der Waals surface area contributed by atoms with Gasteiger partial charge in [-0.1, -0.05) is 30.3 Å². The van der Waals surface area contributed by atoms with Crippen LogP contribution in [0.5, 0.6) is 0 Å². The van der Waals surface area contributed by atoms with Crippen LogP contribution in [0, 0.1) is 0 Å². The summed E-state index contributed by atoms with van der Waals surface area (Å²) >= 11 is 0. The van der Waals surface area contributed by atoms with Crippen molar-refractivity contribution in [1.29, 1.82) is 0 Å². The molecule has 0 amide bonds. The van der Waals surface area contributed by atoms with Crippen molar-refractivity contribution in [2.75, 3.05) is 13.7 Å². The van der Waals surface area contributed by atoms with Crippen molar-refractivity contribution in [2.45, 2.75) is 25.6 Å². The van der Waals surface area contributed by atoms with Crippen LogP contribution in [-0.4, -0.2) is 30.4 Å². The Labute approximate surface area is 101 Å². The maximum absolute atomic E-state index is 11.7. The van der Waals surface area contributed by atoms with Gasteiger partial charge in [0.15, 0.2) is 5.60 Å². The molecule has 0 radical (unpaired) electrons. The fourth-order valence-electron chi connectivity index (χ4n) is 1.70. The highest BCUT2D eigenvalue weighted by Gasteiger charge is 2.42. The van der Waals surface area contributed by atoms with Crippen molar-refractivity contribution in [2.24, 2.45) is 0 Å². The van der Waals surface area contributed by atoms with Crippen LogP contribution in [0.4, 0.5) is 0 Å². The fraction of sp³-hybridized carbons (Fsp3) is 0.462. The molecule has 1 aromatic rings. The monoisotopic (exact) mass is 238 g/mol. The van der Waals surface area contributed by atoms with Crippen molar-refractivity contribution >= 4 is 5.97 Å². The molecule has 17 heavy (non-hydrogen) atoms. The van der Waals surface area contributed by atoms with Gasteiger partial charge in [0, 0.05) is 7.11 Å². The van der Waals surface area contributed by atoms with Crippen LogP contribution >= 0.6 is 0 Å². The predicted octanol–water partition coefficient (Wildman–Crippen LogP) is 1.69. The van der Waals surface area contributed by atoms with Gasteiger partial charge >= 0.3 is 5.97 Å². The number of carbonyl (C=O) groups is 1. The molecule has 0 heterocycles. The van der Waals surface area contributed by atoms with E-state index in [1.807, 2.05) is 18.2 Å². The summed E-state index contributed by atoms with van der Waals surface area (Å²) < 4.78 is 10.1. The van der Waals surface area contributed by atoms with E-state index in [1.54, 1.807) is 19.1 Å². The lowest BCUT2D eigenvalue weighted by atomic mass is 9.93. The van der Waals surface area contributed by atoms with E-state index in [4.69, 9.17) is 9.47 Å². The molecule has 4 nitrogen and oxygen atoms in total. The van der Waals surface area contributed by atoms with Crippen molar-refractivity contribution in [3.8, 4) is 0 Å². The molecule has 0 fully saturated rings. The van der Waals surface area contributed by atoms with Crippen LogP contribution in [-0.2, 0) is 14.3 Å². The van der Waals surface area contributed by atoms with E-state index in [-0.39, 0.29) is 6.61 Å². The zero-order valence-corrected chi connectivity index (χ0v) is 10.3. The number of esters is 1. The molecule has 0 aromatic heterocycles. The highest BCUT2D eigenvalue weighted by atomic mass is 16.6. The van der Waals surface area contributed by atoms with Gasteiger partial charge in [0.05, 0.1) is 6.61 Å². The second kappa shape index (κ2) is 5.80. The minimum atomic E-state index is -1.70. The highest BCUT2D eigenvalue weighted by Crippen LogP contribution is 2.29. The first-order valence-corrected chi connectivity index (χ1v) is 5.51. The highest BCUT2D eigenvalue weighted by molar-refractivity contribution is 5.79. The molecule has 2 unspecified atom stereocenters. The van der Waals surface area contributed by atoms with Crippen molar-refractivity contribution in [3.63, 3.8) is 0 Å². The molecule has 0 saturated heterocycles. The third-order valence-electron chi connectivity index (χ3n) is 2.54. The van der Waals surface area contributed by atoms with Crippen LogP contribution < -0.4 is 0 Å². The lowest BCUT2D eigenvalue weighted by molar-refractivity contribution is -0.178. The van der Waals surface area contributed by atoms with Crippen molar-refractivity contribution < 1.29 is 19.4 Å². The Kier molecular flexibility index (Phi) is 4.66. The second-order valence-electron chi connectivity index (χ2n) is 3.89. The van der Waals surface area contributed by atoms with E-state index in [0.717, 1.165) is 5.56 Å². The molecule has 0 aliphatic carbocycles. The zero-order valence-electron chi connectivity index (χ0n) is 10.3. The van der Waals surface area contributed by atoms with Gasteiger partial charge in [-0.2, -0.15) is 0 Å². The standard InChI is InChI=1S/C13H18O4/c1-4-17-12(14)13(2,15)11(16-3)10-8-6-5-7-9-10/h5-9,11,15H,4H2,1-3H3. The summed E-state index contributed by atoms with van der Waals surface area (Å²) in [6.45, 7) is 3.31. The summed E-state index contributed by atoms with van der Waals surface area (Å²) in [5.41, 5.74) is -0.973. The van der Waals surface area contributed by atoms with E-state index in [0.29, 0.717) is 0 Å². The molecule has 0 bridgehead atoms. The van der Waals surface area contributed by atoms with Gasteiger partial charge < -0.3 is 14.6 Å². The molecule has 0 aliphatic heterocycles. The molecular weight excluding hydrogens is 220 g/mol. The normalized spacial score (nSPS) is 16.0. The largest absolute Gasteiger partial charge is 0.464 e. The summed E-state index contributed by atoms with van der Waals surface area (Å²) in [5.74, 6) is -0.685. The maximum atomic E-state index is 11.7. The molecular formula is C13H18O4. The quantitative estimate of drug-likeness (QED) is 0.793. The molecule has 0 aliphatic rings.